The van der Waals surface area contributed by atoms with Crippen LogP contribution in [0.1, 0.15) is 12.0 Å². The van der Waals surface area contributed by atoms with Crippen LogP contribution >= 0.6 is 11.8 Å². The normalized spacial score (nSPS) is 13.4. The molecule has 3 aromatic carbocycles. The van der Waals surface area contributed by atoms with Crippen LogP contribution in [-0.2, 0) is 4.79 Å². The summed E-state index contributed by atoms with van der Waals surface area (Å²) in [6.45, 7) is 0. The molecule has 0 atom stereocenters. The van der Waals surface area contributed by atoms with Crippen molar-refractivity contribution in [1.29, 1.82) is 0 Å². The van der Waals surface area contributed by atoms with Crippen molar-refractivity contribution in [2.45, 2.75) is 16.2 Å². The van der Waals surface area contributed by atoms with E-state index in [1.165, 1.54) is 4.90 Å². The predicted octanol–water partition coefficient (Wildman–Crippen LogP) is 5.30. The Bertz CT molecular complexity index is 934. The van der Waals surface area contributed by atoms with Gasteiger partial charge in [-0.15, -0.1) is 0 Å². The van der Waals surface area contributed by atoms with Crippen molar-refractivity contribution < 1.29 is 4.79 Å². The maximum absolute atomic E-state index is 12.1. The van der Waals surface area contributed by atoms with Crippen LogP contribution in [0.2, 0.25) is 0 Å². The second kappa shape index (κ2) is 6.95. The van der Waals surface area contributed by atoms with Gasteiger partial charge in [0.1, 0.15) is 0 Å². The van der Waals surface area contributed by atoms with E-state index in [-0.39, 0.29) is 12.3 Å². The van der Waals surface area contributed by atoms with Crippen molar-refractivity contribution in [1.82, 2.24) is 0 Å². The molecule has 0 aliphatic carbocycles. The lowest BCUT2D eigenvalue weighted by atomic mass is 10.1. The number of rotatable bonds is 3. The highest BCUT2D eigenvalue weighted by atomic mass is 32.2. The van der Waals surface area contributed by atoms with Crippen molar-refractivity contribution in [3.63, 3.8) is 0 Å². The number of aliphatic imine (C=N–C) groups is 1. The van der Waals surface area contributed by atoms with Crippen LogP contribution < -0.4 is 5.32 Å². The molecule has 1 aliphatic rings. The van der Waals surface area contributed by atoms with Crippen molar-refractivity contribution >= 4 is 34.8 Å². The number of nitrogens with zero attached hydrogens (tertiary/aromatic N) is 1. The molecule has 3 nitrogen and oxygen atoms in total. The molecule has 0 saturated carbocycles. The number of hydrogen-bond acceptors (Lipinski definition) is 3. The number of carbonyl (C=O) groups is 1. The average molecular weight is 344 g/mol. The summed E-state index contributed by atoms with van der Waals surface area (Å²) in [5.41, 5.74) is 3.33. The second-order valence-electron chi connectivity index (χ2n) is 5.74. The fraction of sp³-hybridized carbons (Fsp3) is 0.0476. The van der Waals surface area contributed by atoms with E-state index in [1.807, 2.05) is 54.6 Å². The Balaban J connectivity index is 1.61. The molecular weight excluding hydrogens is 328 g/mol. The second-order valence-corrected chi connectivity index (χ2v) is 6.89. The Morgan fingerprint density at radius 2 is 1.48 bits per heavy atom. The van der Waals surface area contributed by atoms with Crippen LogP contribution in [0, 0.1) is 0 Å². The van der Waals surface area contributed by atoms with Gasteiger partial charge >= 0.3 is 0 Å². The summed E-state index contributed by atoms with van der Waals surface area (Å²) in [5.74, 6) is -0.0357. The molecule has 1 aliphatic heterocycles. The van der Waals surface area contributed by atoms with Gasteiger partial charge in [0.15, 0.2) is 0 Å². The van der Waals surface area contributed by atoms with Crippen LogP contribution in [0.5, 0.6) is 0 Å². The first-order valence-electron chi connectivity index (χ1n) is 8.08. The Hall–Kier alpha value is -2.85. The smallest absolute Gasteiger partial charge is 0.230 e. The molecular formula is C21H16N2OS. The molecule has 25 heavy (non-hydrogen) atoms. The van der Waals surface area contributed by atoms with E-state index in [0.29, 0.717) is 0 Å². The Morgan fingerprint density at radius 3 is 2.28 bits per heavy atom. The van der Waals surface area contributed by atoms with Gasteiger partial charge in [-0.1, -0.05) is 54.2 Å². The van der Waals surface area contributed by atoms with Gasteiger partial charge in [-0.3, -0.25) is 9.79 Å². The maximum Gasteiger partial charge on any atom is 0.230 e. The molecule has 122 valence electrons. The molecule has 0 spiro atoms. The van der Waals surface area contributed by atoms with E-state index in [2.05, 4.69) is 29.6 Å². The quantitative estimate of drug-likeness (QED) is 0.700. The highest BCUT2D eigenvalue weighted by molar-refractivity contribution is 7.99. The highest BCUT2D eigenvalue weighted by Gasteiger charge is 2.16. The fourth-order valence-electron chi connectivity index (χ4n) is 2.71. The number of carbonyl (C=O) groups excluding carboxylic acids is 1. The van der Waals surface area contributed by atoms with E-state index in [1.54, 1.807) is 11.8 Å². The van der Waals surface area contributed by atoms with Crippen molar-refractivity contribution in [2.75, 3.05) is 5.32 Å². The Kier molecular flexibility index (Phi) is 4.36. The zero-order valence-corrected chi connectivity index (χ0v) is 14.3. The zero-order valence-electron chi connectivity index (χ0n) is 13.5. The van der Waals surface area contributed by atoms with Gasteiger partial charge in [0.25, 0.3) is 0 Å². The minimum Gasteiger partial charge on any atom is -0.324 e. The van der Waals surface area contributed by atoms with Gasteiger partial charge in [0, 0.05) is 9.79 Å². The molecule has 0 saturated heterocycles. The number of benzene rings is 3. The number of fused-ring (bicyclic) bond motifs is 1. The summed E-state index contributed by atoms with van der Waals surface area (Å²) in [5, 5.41) is 2.91. The summed E-state index contributed by atoms with van der Waals surface area (Å²) >= 11 is 1.72. The lowest BCUT2D eigenvalue weighted by molar-refractivity contribution is -0.115. The third-order valence-electron chi connectivity index (χ3n) is 3.93. The summed E-state index contributed by atoms with van der Waals surface area (Å²) in [6.07, 6.45) is 0.278. The standard InChI is InChI=1S/C21H16N2OS/c24-21-14-20(22-18-8-4-5-9-19(18)23-21)15-10-12-17(13-11-15)25-16-6-2-1-3-7-16/h1-13H,14H2,(H,23,24). The SMILES string of the molecule is O=C1CC(c2ccc(Sc3ccccc3)cc2)=Nc2ccccc2N1. The van der Waals surface area contributed by atoms with Crippen LogP contribution in [-0.4, -0.2) is 11.6 Å². The van der Waals surface area contributed by atoms with Crippen LogP contribution in [0.3, 0.4) is 0 Å². The Morgan fingerprint density at radius 1 is 0.800 bits per heavy atom. The minimum absolute atomic E-state index is 0.0357. The molecule has 4 heteroatoms. The van der Waals surface area contributed by atoms with Crippen molar-refractivity contribution in [2.24, 2.45) is 4.99 Å². The topological polar surface area (TPSA) is 41.5 Å². The molecule has 3 aromatic rings. The molecule has 1 N–H and O–H groups in total. The van der Waals surface area contributed by atoms with Crippen LogP contribution in [0.4, 0.5) is 11.4 Å². The van der Waals surface area contributed by atoms with Gasteiger partial charge in [-0.05, 0) is 42.0 Å². The third-order valence-corrected chi connectivity index (χ3v) is 4.94. The van der Waals surface area contributed by atoms with Crippen LogP contribution in [0.15, 0.2) is 93.6 Å². The molecule has 0 bridgehead atoms. The van der Waals surface area contributed by atoms with Gasteiger partial charge in [0.2, 0.25) is 5.91 Å². The van der Waals surface area contributed by atoms with Crippen LogP contribution in [0.25, 0.3) is 0 Å². The molecule has 1 amide bonds. The average Bonchev–Trinajstić information content (AvgIpc) is 2.81. The summed E-state index contributed by atoms with van der Waals surface area (Å²) < 4.78 is 0. The van der Waals surface area contributed by atoms with Gasteiger partial charge in [0.05, 0.1) is 23.5 Å². The van der Waals surface area contributed by atoms with Gasteiger partial charge < -0.3 is 5.32 Å². The van der Waals surface area contributed by atoms with Gasteiger partial charge in [-0.25, -0.2) is 0 Å². The molecule has 0 aromatic heterocycles. The lowest BCUT2D eigenvalue weighted by Gasteiger charge is -2.06. The van der Waals surface area contributed by atoms with E-state index in [9.17, 15) is 4.79 Å². The maximum atomic E-state index is 12.1. The monoisotopic (exact) mass is 344 g/mol. The first-order valence-corrected chi connectivity index (χ1v) is 8.89. The van der Waals surface area contributed by atoms with E-state index >= 15 is 0 Å². The third kappa shape index (κ3) is 3.64. The first kappa shape index (κ1) is 15.7. The molecule has 0 fully saturated rings. The lowest BCUT2D eigenvalue weighted by Crippen LogP contribution is -2.14. The van der Waals surface area contributed by atoms with Gasteiger partial charge in [-0.2, -0.15) is 0 Å². The number of amides is 1. The minimum atomic E-state index is -0.0357. The van der Waals surface area contributed by atoms with E-state index in [4.69, 9.17) is 4.99 Å². The largest absolute Gasteiger partial charge is 0.324 e. The molecule has 4 rings (SSSR count). The number of nitrogens with one attached hydrogen (secondary N) is 1. The highest BCUT2D eigenvalue weighted by Crippen LogP contribution is 2.30. The predicted molar refractivity (Wildman–Crippen MR) is 103 cm³/mol. The number of hydrogen-bond donors (Lipinski definition) is 1. The number of para-hydroxylation sites is 2. The zero-order chi connectivity index (χ0) is 17.1. The van der Waals surface area contributed by atoms with E-state index in [0.717, 1.165) is 27.5 Å². The summed E-state index contributed by atoms with van der Waals surface area (Å²) in [6, 6.07) is 26.1. The van der Waals surface area contributed by atoms with Crippen molar-refractivity contribution in [3.05, 3.63) is 84.4 Å². The molecule has 1 heterocycles. The molecule has 0 unspecified atom stereocenters. The fourth-order valence-corrected chi connectivity index (χ4v) is 3.55. The summed E-state index contributed by atoms with van der Waals surface area (Å²) in [4.78, 5) is 19.2. The number of anilines is 1. The molecule has 0 radical (unpaired) electrons. The van der Waals surface area contributed by atoms with E-state index < -0.39 is 0 Å². The first-order chi connectivity index (χ1) is 12.3. The van der Waals surface area contributed by atoms with Crippen molar-refractivity contribution in [3.8, 4) is 0 Å². The summed E-state index contributed by atoms with van der Waals surface area (Å²) in [7, 11) is 0. The Labute approximate surface area is 150 Å².